The fraction of sp³-hybridized carbons (Fsp3) is 0.235. The minimum Gasteiger partial charge on any atom is -0.497 e. The zero-order valence-corrected chi connectivity index (χ0v) is 27.6. The SMILES string of the molecule is CCNC(=O)[C@@H](Cc1ccccc1)N(Cc1ccc(Cl)cc1Cl)C(=O)CN(c1ccc(C)cc1)S(=O)(=O)c1ccc(OC)cc1. The van der Waals surface area contributed by atoms with Crippen LogP contribution in [-0.2, 0) is 32.6 Å². The van der Waals surface area contributed by atoms with Gasteiger partial charge >= 0.3 is 0 Å². The molecule has 0 bridgehead atoms. The first-order valence-corrected chi connectivity index (χ1v) is 16.5. The second-order valence-electron chi connectivity index (χ2n) is 10.4. The fourth-order valence-corrected chi connectivity index (χ4v) is 6.68. The monoisotopic (exact) mass is 667 g/mol. The molecule has 11 heteroatoms. The topological polar surface area (TPSA) is 96.0 Å². The number of sulfonamides is 1. The standard InChI is InChI=1S/C34H35Cl2N3O5S/c1-4-37-34(41)32(20-25-8-6-5-7-9-25)38(22-26-12-13-27(35)21-31(26)36)33(40)23-39(28-14-10-24(2)11-15-28)45(42,43)30-18-16-29(44-3)17-19-30/h5-19,21,32H,4,20,22-23H2,1-3H3,(H,37,41)/t32-/m1/s1. The van der Waals surface area contributed by atoms with E-state index in [9.17, 15) is 18.0 Å². The van der Waals surface area contributed by atoms with Crippen molar-refractivity contribution in [1.82, 2.24) is 10.2 Å². The average Bonchev–Trinajstić information content (AvgIpc) is 3.03. The summed E-state index contributed by atoms with van der Waals surface area (Å²) < 4.78 is 34.5. The molecule has 0 aliphatic carbocycles. The number of methoxy groups -OCH3 is 1. The third-order valence-electron chi connectivity index (χ3n) is 7.23. The summed E-state index contributed by atoms with van der Waals surface area (Å²) in [5.41, 5.74) is 2.60. The Morgan fingerprint density at radius 1 is 0.911 bits per heavy atom. The Labute approximate surface area is 274 Å². The minimum absolute atomic E-state index is 0.0199. The van der Waals surface area contributed by atoms with Crippen LogP contribution in [0.5, 0.6) is 5.75 Å². The minimum atomic E-state index is -4.24. The molecular formula is C34H35Cl2N3O5S. The molecule has 0 unspecified atom stereocenters. The second-order valence-corrected chi connectivity index (χ2v) is 13.1. The highest BCUT2D eigenvalue weighted by Gasteiger charge is 2.34. The molecule has 0 radical (unpaired) electrons. The van der Waals surface area contributed by atoms with E-state index in [1.165, 1.54) is 24.1 Å². The number of anilines is 1. The Bertz CT molecular complexity index is 1720. The molecule has 0 saturated heterocycles. The van der Waals surface area contributed by atoms with Gasteiger partial charge in [0.1, 0.15) is 18.3 Å². The van der Waals surface area contributed by atoms with Gasteiger partial charge in [-0.3, -0.25) is 13.9 Å². The molecule has 0 fully saturated rings. The molecule has 0 saturated carbocycles. The first-order valence-electron chi connectivity index (χ1n) is 14.3. The van der Waals surface area contributed by atoms with E-state index in [-0.39, 0.29) is 23.8 Å². The van der Waals surface area contributed by atoms with E-state index in [2.05, 4.69) is 5.32 Å². The van der Waals surface area contributed by atoms with Gasteiger partial charge in [-0.1, -0.05) is 77.3 Å². The van der Waals surface area contributed by atoms with Crippen LogP contribution in [0.4, 0.5) is 5.69 Å². The maximum atomic E-state index is 14.4. The van der Waals surface area contributed by atoms with Crippen molar-refractivity contribution in [1.29, 1.82) is 0 Å². The molecule has 45 heavy (non-hydrogen) atoms. The van der Waals surface area contributed by atoms with Crippen LogP contribution in [-0.4, -0.2) is 51.4 Å². The molecule has 4 rings (SSSR count). The van der Waals surface area contributed by atoms with Crippen LogP contribution in [0.2, 0.25) is 10.0 Å². The number of amides is 2. The normalized spacial score (nSPS) is 11.8. The third kappa shape index (κ3) is 8.57. The largest absolute Gasteiger partial charge is 0.497 e. The van der Waals surface area contributed by atoms with Crippen LogP contribution in [0.3, 0.4) is 0 Å². The van der Waals surface area contributed by atoms with Crippen LogP contribution in [0.15, 0.2) is 102 Å². The van der Waals surface area contributed by atoms with Crippen molar-refractivity contribution in [3.05, 3.63) is 124 Å². The Morgan fingerprint density at radius 3 is 2.18 bits per heavy atom. The van der Waals surface area contributed by atoms with Crippen LogP contribution in [0.25, 0.3) is 0 Å². The molecule has 0 aliphatic heterocycles. The van der Waals surface area contributed by atoms with E-state index in [1.54, 1.807) is 61.5 Å². The predicted molar refractivity (Wildman–Crippen MR) is 178 cm³/mol. The number of carbonyl (C=O) groups is 2. The number of rotatable bonds is 13. The van der Waals surface area contributed by atoms with E-state index in [1.807, 2.05) is 37.3 Å². The lowest BCUT2D eigenvalue weighted by Crippen LogP contribution is -2.53. The number of nitrogens with one attached hydrogen (secondary N) is 1. The Balaban J connectivity index is 1.81. The van der Waals surface area contributed by atoms with Crippen molar-refractivity contribution in [3.63, 3.8) is 0 Å². The maximum Gasteiger partial charge on any atom is 0.264 e. The summed E-state index contributed by atoms with van der Waals surface area (Å²) in [6.45, 7) is 3.38. The van der Waals surface area contributed by atoms with Crippen LogP contribution in [0.1, 0.15) is 23.6 Å². The number of likely N-dealkylation sites (N-methyl/N-ethyl adjacent to an activating group) is 1. The zero-order chi connectivity index (χ0) is 32.6. The average molecular weight is 669 g/mol. The zero-order valence-electron chi connectivity index (χ0n) is 25.2. The van der Waals surface area contributed by atoms with Gasteiger partial charge in [-0.25, -0.2) is 8.42 Å². The number of nitrogens with zero attached hydrogens (tertiary/aromatic N) is 2. The first kappa shape index (κ1) is 33.8. The van der Waals surface area contributed by atoms with Crippen LogP contribution < -0.4 is 14.4 Å². The molecule has 0 heterocycles. The summed E-state index contributed by atoms with van der Waals surface area (Å²) in [6, 6.07) is 26.0. The highest BCUT2D eigenvalue weighted by atomic mass is 35.5. The summed E-state index contributed by atoms with van der Waals surface area (Å²) in [7, 11) is -2.75. The van der Waals surface area contributed by atoms with Gasteiger partial charge in [-0.2, -0.15) is 0 Å². The second kappa shape index (κ2) is 15.3. The van der Waals surface area contributed by atoms with Crippen LogP contribution in [0, 0.1) is 6.92 Å². The molecule has 0 aliphatic rings. The summed E-state index contributed by atoms with van der Waals surface area (Å²) >= 11 is 12.7. The fourth-order valence-electron chi connectivity index (χ4n) is 4.79. The Hall–Kier alpha value is -4.05. The summed E-state index contributed by atoms with van der Waals surface area (Å²) in [5, 5.41) is 3.57. The van der Waals surface area contributed by atoms with Gasteiger partial charge in [0.2, 0.25) is 11.8 Å². The van der Waals surface area contributed by atoms with Crippen molar-refractivity contribution in [2.24, 2.45) is 0 Å². The van der Waals surface area contributed by atoms with E-state index in [0.717, 1.165) is 15.4 Å². The van der Waals surface area contributed by atoms with Gasteiger partial charge in [-0.15, -0.1) is 0 Å². The van der Waals surface area contributed by atoms with E-state index in [0.29, 0.717) is 33.6 Å². The van der Waals surface area contributed by atoms with Crippen molar-refractivity contribution in [2.75, 3.05) is 24.5 Å². The molecule has 0 spiro atoms. The summed E-state index contributed by atoms with van der Waals surface area (Å²) in [5.74, 6) is -0.478. The highest BCUT2D eigenvalue weighted by Crippen LogP contribution is 2.28. The molecule has 4 aromatic carbocycles. The number of aryl methyl sites for hydroxylation is 1. The summed E-state index contributed by atoms with van der Waals surface area (Å²) in [6.07, 6.45) is 0.194. The van der Waals surface area contributed by atoms with Gasteiger partial charge in [-0.05, 0) is 73.5 Å². The molecule has 236 valence electrons. The number of benzene rings is 4. The number of halogens is 2. The lowest BCUT2D eigenvalue weighted by Gasteiger charge is -2.34. The van der Waals surface area contributed by atoms with Gasteiger partial charge in [0.15, 0.2) is 0 Å². The van der Waals surface area contributed by atoms with Crippen molar-refractivity contribution < 1.29 is 22.7 Å². The van der Waals surface area contributed by atoms with Crippen molar-refractivity contribution >= 4 is 50.7 Å². The lowest BCUT2D eigenvalue weighted by molar-refractivity contribution is -0.140. The van der Waals surface area contributed by atoms with Gasteiger partial charge in [0.05, 0.1) is 17.7 Å². The molecule has 0 aromatic heterocycles. The number of hydrogen-bond donors (Lipinski definition) is 1. The molecule has 1 atom stereocenters. The van der Waals surface area contributed by atoms with Crippen molar-refractivity contribution in [2.45, 2.75) is 37.8 Å². The number of carbonyl (C=O) groups excluding carboxylic acids is 2. The Morgan fingerprint density at radius 2 is 1.58 bits per heavy atom. The number of ether oxygens (including phenoxy) is 1. The predicted octanol–water partition coefficient (Wildman–Crippen LogP) is 6.28. The number of hydrogen-bond acceptors (Lipinski definition) is 5. The van der Waals surface area contributed by atoms with Gasteiger partial charge in [0, 0.05) is 29.6 Å². The first-order chi connectivity index (χ1) is 21.5. The van der Waals surface area contributed by atoms with Gasteiger partial charge < -0.3 is 15.0 Å². The van der Waals surface area contributed by atoms with E-state index in [4.69, 9.17) is 27.9 Å². The van der Waals surface area contributed by atoms with E-state index >= 15 is 0 Å². The molecule has 8 nitrogen and oxygen atoms in total. The maximum absolute atomic E-state index is 14.4. The van der Waals surface area contributed by atoms with E-state index < -0.39 is 28.5 Å². The lowest BCUT2D eigenvalue weighted by atomic mass is 10.0. The molecule has 2 amide bonds. The van der Waals surface area contributed by atoms with Gasteiger partial charge in [0.25, 0.3) is 10.0 Å². The van der Waals surface area contributed by atoms with Crippen LogP contribution >= 0.6 is 23.2 Å². The molecular weight excluding hydrogens is 633 g/mol. The highest BCUT2D eigenvalue weighted by molar-refractivity contribution is 7.92. The van der Waals surface area contributed by atoms with Crippen molar-refractivity contribution in [3.8, 4) is 5.75 Å². The molecule has 1 N–H and O–H groups in total. The molecule has 4 aromatic rings. The third-order valence-corrected chi connectivity index (χ3v) is 9.60. The summed E-state index contributed by atoms with van der Waals surface area (Å²) in [4.78, 5) is 29.4. The Kier molecular flexibility index (Phi) is 11.5. The smallest absolute Gasteiger partial charge is 0.264 e. The quantitative estimate of drug-likeness (QED) is 0.181.